The third-order valence-electron chi connectivity index (χ3n) is 4.66. The van der Waals surface area contributed by atoms with E-state index < -0.39 is 17.9 Å². The molecule has 0 aliphatic heterocycles. The van der Waals surface area contributed by atoms with Crippen LogP contribution in [0, 0.1) is 0 Å². The Labute approximate surface area is 186 Å². The van der Waals surface area contributed by atoms with Crippen LogP contribution in [0.4, 0.5) is 0 Å². The standard InChI is InChI=1S/C24H25NO7/c1-5-30-23(26)19(24(27)31-6-2)20-21(15-7-11-17(28-3)12-8-15)32-22(25-20)16-9-13-18(29-4)14-10-16/h7-14,19H,5-6H2,1-4H3. The molecule has 2 aromatic carbocycles. The number of esters is 2. The molecule has 1 aromatic heterocycles. The molecular formula is C24H25NO7. The first-order chi connectivity index (χ1) is 15.5. The van der Waals surface area contributed by atoms with Crippen LogP contribution in [0.3, 0.4) is 0 Å². The molecule has 0 amide bonds. The normalized spacial score (nSPS) is 10.7. The van der Waals surface area contributed by atoms with E-state index in [1.54, 1.807) is 76.6 Å². The molecule has 0 saturated heterocycles. The van der Waals surface area contributed by atoms with Gasteiger partial charge in [-0.15, -0.1) is 0 Å². The maximum absolute atomic E-state index is 12.7. The van der Waals surface area contributed by atoms with Gasteiger partial charge in [-0.1, -0.05) is 0 Å². The molecule has 8 nitrogen and oxygen atoms in total. The van der Waals surface area contributed by atoms with Crippen molar-refractivity contribution in [2.45, 2.75) is 19.8 Å². The van der Waals surface area contributed by atoms with E-state index in [1.807, 2.05) is 0 Å². The summed E-state index contributed by atoms with van der Waals surface area (Å²) < 4.78 is 26.8. The van der Waals surface area contributed by atoms with Crippen LogP contribution in [-0.4, -0.2) is 44.4 Å². The molecular weight excluding hydrogens is 414 g/mol. The molecule has 3 aromatic rings. The van der Waals surface area contributed by atoms with E-state index in [-0.39, 0.29) is 30.6 Å². The number of rotatable bonds is 9. The molecule has 0 radical (unpaired) electrons. The molecule has 0 fully saturated rings. The predicted octanol–water partition coefficient (Wildman–Crippen LogP) is 4.24. The van der Waals surface area contributed by atoms with Crippen molar-refractivity contribution in [3.8, 4) is 34.3 Å². The second kappa shape index (κ2) is 10.5. The third-order valence-corrected chi connectivity index (χ3v) is 4.66. The fourth-order valence-electron chi connectivity index (χ4n) is 3.10. The van der Waals surface area contributed by atoms with Crippen LogP contribution >= 0.6 is 0 Å². The highest BCUT2D eigenvalue weighted by Crippen LogP contribution is 2.36. The SMILES string of the molecule is CCOC(=O)C(C(=O)OCC)c1nc(-c2ccc(OC)cc2)oc1-c1ccc(OC)cc1. The van der Waals surface area contributed by atoms with E-state index in [9.17, 15) is 9.59 Å². The summed E-state index contributed by atoms with van der Waals surface area (Å²) in [6, 6.07) is 14.1. The van der Waals surface area contributed by atoms with Crippen molar-refractivity contribution in [2.75, 3.05) is 27.4 Å². The minimum absolute atomic E-state index is 0.107. The van der Waals surface area contributed by atoms with Crippen molar-refractivity contribution < 1.29 is 33.0 Å². The molecule has 1 heterocycles. The van der Waals surface area contributed by atoms with E-state index in [2.05, 4.69) is 4.98 Å². The van der Waals surface area contributed by atoms with Crippen molar-refractivity contribution in [3.05, 3.63) is 54.2 Å². The molecule has 0 spiro atoms. The topological polar surface area (TPSA) is 97.1 Å². The average Bonchev–Trinajstić information content (AvgIpc) is 3.24. The van der Waals surface area contributed by atoms with Crippen molar-refractivity contribution in [3.63, 3.8) is 0 Å². The number of hydrogen-bond acceptors (Lipinski definition) is 8. The Balaban J connectivity index is 2.16. The number of aromatic nitrogens is 1. The van der Waals surface area contributed by atoms with Gasteiger partial charge in [-0.3, -0.25) is 9.59 Å². The number of carbonyl (C=O) groups excluding carboxylic acids is 2. The number of nitrogens with zero attached hydrogens (tertiary/aromatic N) is 1. The van der Waals surface area contributed by atoms with Gasteiger partial charge in [-0.2, -0.15) is 0 Å². The molecule has 0 aliphatic rings. The lowest BCUT2D eigenvalue weighted by Gasteiger charge is -2.13. The van der Waals surface area contributed by atoms with Gasteiger partial charge in [0.2, 0.25) is 5.89 Å². The maximum atomic E-state index is 12.7. The van der Waals surface area contributed by atoms with E-state index >= 15 is 0 Å². The quantitative estimate of drug-likeness (QED) is 0.361. The molecule has 0 bridgehead atoms. The first kappa shape index (κ1) is 22.9. The second-order valence-electron chi connectivity index (χ2n) is 6.63. The summed E-state index contributed by atoms with van der Waals surface area (Å²) >= 11 is 0. The zero-order chi connectivity index (χ0) is 23.1. The fourth-order valence-corrected chi connectivity index (χ4v) is 3.10. The van der Waals surface area contributed by atoms with Gasteiger partial charge in [0.15, 0.2) is 11.7 Å². The highest BCUT2D eigenvalue weighted by Gasteiger charge is 2.37. The molecule has 0 N–H and O–H groups in total. The molecule has 8 heteroatoms. The molecule has 0 saturated carbocycles. The number of hydrogen-bond donors (Lipinski definition) is 0. The van der Waals surface area contributed by atoms with Crippen molar-refractivity contribution in [1.82, 2.24) is 4.98 Å². The smallest absolute Gasteiger partial charge is 0.326 e. The predicted molar refractivity (Wildman–Crippen MR) is 116 cm³/mol. The Morgan fingerprint density at radius 3 is 1.72 bits per heavy atom. The highest BCUT2D eigenvalue weighted by atomic mass is 16.6. The Kier molecular flexibility index (Phi) is 7.49. The fraction of sp³-hybridized carbons (Fsp3) is 0.292. The van der Waals surface area contributed by atoms with E-state index in [0.717, 1.165) is 0 Å². The van der Waals surface area contributed by atoms with Gasteiger partial charge in [0, 0.05) is 11.1 Å². The Morgan fingerprint density at radius 1 is 0.812 bits per heavy atom. The Hall–Kier alpha value is -3.81. The van der Waals surface area contributed by atoms with Gasteiger partial charge >= 0.3 is 11.9 Å². The van der Waals surface area contributed by atoms with Crippen molar-refractivity contribution in [1.29, 1.82) is 0 Å². The summed E-state index contributed by atoms with van der Waals surface area (Å²) in [5.74, 6) is -1.06. The number of carbonyl (C=O) groups is 2. The van der Waals surface area contributed by atoms with E-state index in [0.29, 0.717) is 22.6 Å². The Morgan fingerprint density at radius 2 is 1.28 bits per heavy atom. The van der Waals surface area contributed by atoms with Crippen LogP contribution in [0.5, 0.6) is 11.5 Å². The molecule has 3 rings (SSSR count). The van der Waals surface area contributed by atoms with Gasteiger partial charge in [-0.05, 0) is 62.4 Å². The minimum Gasteiger partial charge on any atom is -0.497 e. The second-order valence-corrected chi connectivity index (χ2v) is 6.63. The molecule has 168 valence electrons. The number of methoxy groups -OCH3 is 2. The zero-order valence-electron chi connectivity index (χ0n) is 18.4. The lowest BCUT2D eigenvalue weighted by atomic mass is 10.0. The van der Waals surface area contributed by atoms with E-state index in [1.165, 1.54) is 0 Å². The summed E-state index contributed by atoms with van der Waals surface area (Å²) in [6.45, 7) is 3.54. The van der Waals surface area contributed by atoms with Crippen molar-refractivity contribution >= 4 is 11.9 Å². The molecule has 32 heavy (non-hydrogen) atoms. The molecule has 0 aliphatic carbocycles. The molecule has 0 atom stereocenters. The van der Waals surface area contributed by atoms with Gasteiger partial charge in [0.1, 0.15) is 17.2 Å². The van der Waals surface area contributed by atoms with Gasteiger partial charge in [0.05, 0.1) is 27.4 Å². The zero-order valence-corrected chi connectivity index (χ0v) is 18.4. The summed E-state index contributed by atoms with van der Waals surface area (Å²) in [4.78, 5) is 30.0. The van der Waals surface area contributed by atoms with E-state index in [4.69, 9.17) is 23.4 Å². The first-order valence-electron chi connectivity index (χ1n) is 10.1. The number of benzene rings is 2. The number of ether oxygens (including phenoxy) is 4. The van der Waals surface area contributed by atoms with Crippen LogP contribution in [0.2, 0.25) is 0 Å². The largest absolute Gasteiger partial charge is 0.497 e. The summed E-state index contributed by atoms with van der Waals surface area (Å²) in [5.41, 5.74) is 1.39. The monoisotopic (exact) mass is 439 g/mol. The van der Waals surface area contributed by atoms with Crippen LogP contribution in [-0.2, 0) is 19.1 Å². The maximum Gasteiger partial charge on any atom is 0.326 e. The highest BCUT2D eigenvalue weighted by molar-refractivity contribution is 6.01. The van der Waals surface area contributed by atoms with Gasteiger partial charge < -0.3 is 23.4 Å². The Bertz CT molecular complexity index is 1040. The first-order valence-corrected chi connectivity index (χ1v) is 10.1. The summed E-state index contributed by atoms with van der Waals surface area (Å²) in [5, 5.41) is 0. The summed E-state index contributed by atoms with van der Waals surface area (Å²) in [7, 11) is 3.14. The van der Waals surface area contributed by atoms with Crippen LogP contribution < -0.4 is 9.47 Å². The average molecular weight is 439 g/mol. The van der Waals surface area contributed by atoms with Crippen molar-refractivity contribution in [2.24, 2.45) is 0 Å². The lowest BCUT2D eigenvalue weighted by molar-refractivity contribution is -0.157. The van der Waals surface area contributed by atoms with Gasteiger partial charge in [0.25, 0.3) is 0 Å². The third kappa shape index (κ3) is 4.91. The van der Waals surface area contributed by atoms with Crippen LogP contribution in [0.1, 0.15) is 25.5 Å². The van der Waals surface area contributed by atoms with Crippen LogP contribution in [0.25, 0.3) is 22.8 Å². The lowest BCUT2D eigenvalue weighted by Crippen LogP contribution is -2.27. The molecule has 0 unspecified atom stereocenters. The van der Waals surface area contributed by atoms with Crippen LogP contribution in [0.15, 0.2) is 52.9 Å². The number of oxazole rings is 1. The summed E-state index contributed by atoms with van der Waals surface area (Å²) in [6.07, 6.45) is 0. The van der Waals surface area contributed by atoms with Gasteiger partial charge in [-0.25, -0.2) is 4.98 Å². The minimum atomic E-state index is -1.39.